The normalized spacial score (nSPS) is 21.9. The van der Waals surface area contributed by atoms with E-state index in [1.807, 2.05) is 0 Å². The Morgan fingerprint density at radius 2 is 1.76 bits per heavy atom. The lowest BCUT2D eigenvalue weighted by Crippen LogP contribution is -2.65. The highest BCUT2D eigenvalue weighted by Gasteiger charge is 2.50. The number of nitrogens with zero attached hydrogens (tertiary/aromatic N) is 1. The molecule has 0 aromatic heterocycles. The van der Waals surface area contributed by atoms with Crippen LogP contribution in [-0.4, -0.2) is 13.9 Å². The molecule has 1 aliphatic carbocycles. The predicted molar refractivity (Wildman–Crippen MR) is 110 cm³/mol. The minimum absolute atomic E-state index is 0.122. The van der Waals surface area contributed by atoms with E-state index >= 15 is 0 Å². The molecule has 0 saturated heterocycles. The van der Waals surface area contributed by atoms with Gasteiger partial charge in [0.2, 0.25) is 8.40 Å². The van der Waals surface area contributed by atoms with Gasteiger partial charge in [0.25, 0.3) is 0 Å². The van der Waals surface area contributed by atoms with E-state index < -0.39 is 8.40 Å². The third-order valence-corrected chi connectivity index (χ3v) is 8.68. The number of hydrogen-bond acceptors (Lipinski definition) is 2. The van der Waals surface area contributed by atoms with Gasteiger partial charge in [-0.3, -0.25) is 0 Å². The molecule has 2 atom stereocenters. The van der Waals surface area contributed by atoms with Crippen molar-refractivity contribution in [3.8, 4) is 0 Å². The SMILES string of the molecule is Cc1ccc2c(c1)C1Cc3ccccc3C1N2[Si](C)(C)NC(C)(C)C. The average molecular weight is 351 g/mol. The summed E-state index contributed by atoms with van der Waals surface area (Å²) in [6.45, 7) is 14.0. The summed E-state index contributed by atoms with van der Waals surface area (Å²) in [7, 11) is -1.85. The molecule has 0 saturated carbocycles. The Hall–Kier alpha value is -1.58. The van der Waals surface area contributed by atoms with Gasteiger partial charge in [0.15, 0.2) is 0 Å². The van der Waals surface area contributed by atoms with Crippen LogP contribution in [0.1, 0.15) is 55.0 Å². The fourth-order valence-corrected chi connectivity index (χ4v) is 8.92. The Balaban J connectivity index is 1.87. The molecule has 3 heteroatoms. The van der Waals surface area contributed by atoms with Gasteiger partial charge in [-0.1, -0.05) is 42.0 Å². The van der Waals surface area contributed by atoms with Crippen LogP contribution < -0.4 is 9.55 Å². The summed E-state index contributed by atoms with van der Waals surface area (Å²) in [5, 5.41) is 0. The van der Waals surface area contributed by atoms with E-state index in [4.69, 9.17) is 0 Å². The molecular formula is C22H30N2Si. The molecule has 25 heavy (non-hydrogen) atoms. The Bertz CT molecular complexity index is 819. The standard InChI is InChI=1S/C22H30N2Si/c1-15-11-12-20-18(13-15)19-14-16-9-7-8-10-17(16)21(19)24(20)25(5,6)23-22(2,3)4/h7-13,19,21,23H,14H2,1-6H3. The van der Waals surface area contributed by atoms with Crippen LogP contribution in [0.15, 0.2) is 42.5 Å². The molecule has 2 aliphatic rings. The van der Waals surface area contributed by atoms with Crippen molar-refractivity contribution in [3.05, 3.63) is 64.7 Å². The second-order valence-corrected chi connectivity index (χ2v) is 13.2. The van der Waals surface area contributed by atoms with Crippen molar-refractivity contribution in [1.29, 1.82) is 0 Å². The van der Waals surface area contributed by atoms with Gasteiger partial charge in [0.05, 0.1) is 6.04 Å². The molecule has 1 heterocycles. The smallest absolute Gasteiger partial charge is 0.227 e. The summed E-state index contributed by atoms with van der Waals surface area (Å²) in [5.74, 6) is 0.598. The summed E-state index contributed by atoms with van der Waals surface area (Å²) in [4.78, 5) is 4.00. The van der Waals surface area contributed by atoms with E-state index in [0.29, 0.717) is 12.0 Å². The minimum atomic E-state index is -1.85. The zero-order valence-electron chi connectivity index (χ0n) is 16.4. The Kier molecular flexibility index (Phi) is 3.68. The van der Waals surface area contributed by atoms with Gasteiger partial charge in [0, 0.05) is 17.1 Å². The number of benzene rings is 2. The molecule has 0 radical (unpaired) electrons. The van der Waals surface area contributed by atoms with Gasteiger partial charge >= 0.3 is 0 Å². The lowest BCUT2D eigenvalue weighted by Gasteiger charge is -2.44. The molecule has 0 spiro atoms. The van der Waals surface area contributed by atoms with E-state index in [1.165, 1.54) is 28.8 Å². The monoisotopic (exact) mass is 350 g/mol. The first-order valence-electron chi connectivity index (χ1n) is 9.44. The number of rotatable bonds is 2. The van der Waals surface area contributed by atoms with Gasteiger partial charge in [-0.05, 0) is 70.0 Å². The first-order valence-corrected chi connectivity index (χ1v) is 12.4. The molecule has 2 aromatic rings. The van der Waals surface area contributed by atoms with Crippen LogP contribution >= 0.6 is 0 Å². The minimum Gasteiger partial charge on any atom is -0.378 e. The lowest BCUT2D eigenvalue weighted by atomic mass is 9.95. The molecule has 2 nitrogen and oxygen atoms in total. The maximum absolute atomic E-state index is 4.00. The van der Waals surface area contributed by atoms with Crippen LogP contribution in [-0.2, 0) is 6.42 Å². The third-order valence-electron chi connectivity index (χ3n) is 5.60. The van der Waals surface area contributed by atoms with Crippen LogP contribution in [0.4, 0.5) is 5.69 Å². The van der Waals surface area contributed by atoms with Crippen LogP contribution in [0.5, 0.6) is 0 Å². The van der Waals surface area contributed by atoms with Crippen molar-refractivity contribution in [2.75, 3.05) is 4.57 Å². The van der Waals surface area contributed by atoms with Crippen LogP contribution in [0, 0.1) is 6.92 Å². The average Bonchev–Trinajstić information content (AvgIpc) is 2.99. The van der Waals surface area contributed by atoms with E-state index in [-0.39, 0.29) is 5.54 Å². The number of nitrogens with one attached hydrogen (secondary N) is 1. The summed E-state index contributed by atoms with van der Waals surface area (Å²) >= 11 is 0. The first kappa shape index (κ1) is 16.9. The Morgan fingerprint density at radius 1 is 1.04 bits per heavy atom. The van der Waals surface area contributed by atoms with Crippen molar-refractivity contribution >= 4 is 14.1 Å². The van der Waals surface area contributed by atoms with Gasteiger partial charge in [-0.25, -0.2) is 0 Å². The number of aryl methyl sites for hydroxylation is 1. The highest BCUT2D eigenvalue weighted by atomic mass is 28.3. The molecule has 4 rings (SSSR count). The van der Waals surface area contributed by atoms with Crippen molar-refractivity contribution in [3.63, 3.8) is 0 Å². The maximum Gasteiger partial charge on any atom is 0.227 e. The fraction of sp³-hybridized carbons (Fsp3) is 0.455. The largest absolute Gasteiger partial charge is 0.378 e. The van der Waals surface area contributed by atoms with Gasteiger partial charge in [-0.15, -0.1) is 0 Å². The quantitative estimate of drug-likeness (QED) is 0.741. The van der Waals surface area contributed by atoms with Gasteiger partial charge in [-0.2, -0.15) is 0 Å². The lowest BCUT2D eigenvalue weighted by molar-refractivity contribution is 0.504. The molecule has 0 amide bonds. The van der Waals surface area contributed by atoms with Crippen LogP contribution in [0.2, 0.25) is 13.1 Å². The molecule has 132 valence electrons. The van der Waals surface area contributed by atoms with Crippen molar-refractivity contribution in [2.24, 2.45) is 0 Å². The molecule has 0 bridgehead atoms. The molecule has 1 aliphatic heterocycles. The molecular weight excluding hydrogens is 320 g/mol. The highest BCUT2D eigenvalue weighted by molar-refractivity contribution is 6.79. The summed E-state index contributed by atoms with van der Waals surface area (Å²) in [6.07, 6.45) is 1.17. The van der Waals surface area contributed by atoms with Gasteiger partial charge in [0.1, 0.15) is 0 Å². The zero-order chi connectivity index (χ0) is 18.0. The maximum atomic E-state index is 4.00. The van der Waals surface area contributed by atoms with Crippen molar-refractivity contribution in [1.82, 2.24) is 4.98 Å². The Morgan fingerprint density at radius 3 is 2.48 bits per heavy atom. The van der Waals surface area contributed by atoms with Crippen LogP contribution in [0.25, 0.3) is 0 Å². The van der Waals surface area contributed by atoms with Crippen molar-refractivity contribution < 1.29 is 0 Å². The zero-order valence-corrected chi connectivity index (χ0v) is 17.4. The van der Waals surface area contributed by atoms with Crippen LogP contribution in [0.3, 0.4) is 0 Å². The second-order valence-electron chi connectivity index (χ2n) is 9.32. The predicted octanol–water partition coefficient (Wildman–Crippen LogP) is 5.29. The number of hydrogen-bond donors (Lipinski definition) is 1. The summed E-state index contributed by atoms with van der Waals surface area (Å²) in [5.41, 5.74) is 7.59. The number of fused-ring (bicyclic) bond motifs is 5. The van der Waals surface area contributed by atoms with Gasteiger partial charge < -0.3 is 9.55 Å². The second kappa shape index (κ2) is 5.45. The van der Waals surface area contributed by atoms with E-state index in [9.17, 15) is 0 Å². The molecule has 0 fully saturated rings. The Labute approximate surface area is 153 Å². The topological polar surface area (TPSA) is 15.3 Å². The molecule has 2 unspecified atom stereocenters. The van der Waals surface area contributed by atoms with E-state index in [2.05, 4.69) is 92.8 Å². The molecule has 2 aromatic carbocycles. The summed E-state index contributed by atoms with van der Waals surface area (Å²) in [6, 6.07) is 16.6. The fourth-order valence-electron chi connectivity index (χ4n) is 5.14. The molecule has 1 N–H and O–H groups in total. The highest BCUT2D eigenvalue weighted by Crippen LogP contribution is 2.56. The van der Waals surface area contributed by atoms with E-state index in [1.54, 1.807) is 5.56 Å². The number of anilines is 1. The van der Waals surface area contributed by atoms with E-state index in [0.717, 1.165) is 0 Å². The third kappa shape index (κ3) is 2.74. The van der Waals surface area contributed by atoms with Crippen molar-refractivity contribution in [2.45, 2.75) is 64.7 Å². The first-order chi connectivity index (χ1) is 11.7. The summed E-state index contributed by atoms with van der Waals surface area (Å²) < 4.78 is 2.78.